The number of ether oxygens (including phenoxy) is 2. The Balaban J connectivity index is 1.99. The molecule has 0 amide bonds. The lowest BCUT2D eigenvalue weighted by molar-refractivity contribution is -0.0988. The van der Waals surface area contributed by atoms with Crippen LogP contribution in [0.2, 0.25) is 0 Å². The fourth-order valence-electron chi connectivity index (χ4n) is 0.848. The van der Waals surface area contributed by atoms with Gasteiger partial charge in [-0.3, -0.25) is 0 Å². The highest BCUT2D eigenvalue weighted by atomic mass is 35.5. The lowest BCUT2D eigenvalue weighted by Crippen LogP contribution is -2.43. The minimum absolute atomic E-state index is 0.193. The van der Waals surface area contributed by atoms with Crippen LogP contribution in [0.5, 0.6) is 0 Å². The van der Waals surface area contributed by atoms with Gasteiger partial charge in [0.15, 0.2) is 5.06 Å². The van der Waals surface area contributed by atoms with Crippen LogP contribution in [0.1, 0.15) is 6.42 Å². The van der Waals surface area contributed by atoms with Crippen LogP contribution < -0.4 is 0 Å². The van der Waals surface area contributed by atoms with Gasteiger partial charge >= 0.3 is 0 Å². The Morgan fingerprint density at radius 1 is 1.62 bits per heavy atom. The Labute approximate surface area is 52.7 Å². The molecule has 0 saturated carbocycles. The summed E-state index contributed by atoms with van der Waals surface area (Å²) in [4.78, 5) is 0. The largest absolute Gasteiger partial charge is 0.369 e. The first-order valence-electron chi connectivity index (χ1n) is 2.76. The molecular weight excluding hydrogens is 128 g/mol. The van der Waals surface area contributed by atoms with Gasteiger partial charge in [0, 0.05) is 6.42 Å². The lowest BCUT2D eigenvalue weighted by Gasteiger charge is -2.34. The molecular formula is C5H7ClO2. The summed E-state index contributed by atoms with van der Waals surface area (Å²) in [5.74, 6) is 0. The van der Waals surface area contributed by atoms with Crippen LogP contribution in [-0.2, 0) is 9.47 Å². The summed E-state index contributed by atoms with van der Waals surface area (Å²) >= 11 is 5.86. The van der Waals surface area contributed by atoms with Crippen molar-refractivity contribution in [3.63, 3.8) is 0 Å². The molecule has 0 bridgehead atoms. The molecule has 0 aromatic rings. The highest BCUT2D eigenvalue weighted by Crippen LogP contribution is 2.41. The number of alkyl halides is 1. The van der Waals surface area contributed by atoms with E-state index in [0.29, 0.717) is 0 Å². The standard InChI is InChI=1S/C5H7ClO2/c6-5(1-2-8-5)4-3-7-4/h4H,1-3H2. The molecule has 0 aromatic carbocycles. The van der Waals surface area contributed by atoms with Gasteiger partial charge in [-0.15, -0.1) is 0 Å². The van der Waals surface area contributed by atoms with Crippen molar-refractivity contribution < 1.29 is 9.47 Å². The van der Waals surface area contributed by atoms with Crippen LogP contribution >= 0.6 is 11.6 Å². The molecule has 2 saturated heterocycles. The van der Waals surface area contributed by atoms with Gasteiger partial charge in [-0.05, 0) is 0 Å². The number of hydrogen-bond donors (Lipinski definition) is 0. The van der Waals surface area contributed by atoms with Gasteiger partial charge in [0.05, 0.1) is 13.2 Å². The van der Waals surface area contributed by atoms with Gasteiger partial charge in [0.25, 0.3) is 0 Å². The molecule has 2 heterocycles. The second-order valence-corrected chi connectivity index (χ2v) is 2.85. The smallest absolute Gasteiger partial charge is 0.172 e. The quantitative estimate of drug-likeness (QED) is 0.390. The molecule has 2 aliphatic heterocycles. The molecule has 2 unspecified atom stereocenters. The molecule has 2 nitrogen and oxygen atoms in total. The van der Waals surface area contributed by atoms with Crippen molar-refractivity contribution in [1.29, 1.82) is 0 Å². The third-order valence-corrected chi connectivity index (χ3v) is 2.14. The highest BCUT2D eigenvalue weighted by Gasteiger charge is 2.51. The molecule has 3 heteroatoms. The van der Waals surface area contributed by atoms with E-state index in [0.717, 1.165) is 19.6 Å². The molecule has 0 spiro atoms. The Kier molecular flexibility index (Phi) is 0.866. The molecule has 0 N–H and O–H groups in total. The van der Waals surface area contributed by atoms with Crippen LogP contribution in [0, 0.1) is 0 Å². The van der Waals surface area contributed by atoms with Crippen molar-refractivity contribution >= 4 is 11.6 Å². The molecule has 46 valence electrons. The zero-order valence-electron chi connectivity index (χ0n) is 4.39. The highest BCUT2D eigenvalue weighted by molar-refractivity contribution is 6.24. The minimum atomic E-state index is -0.417. The second kappa shape index (κ2) is 1.38. The van der Waals surface area contributed by atoms with Crippen molar-refractivity contribution in [1.82, 2.24) is 0 Å². The second-order valence-electron chi connectivity index (χ2n) is 2.21. The number of epoxide rings is 1. The molecule has 2 atom stereocenters. The maximum atomic E-state index is 5.86. The molecule has 2 rings (SSSR count). The lowest BCUT2D eigenvalue weighted by atomic mass is 10.1. The van der Waals surface area contributed by atoms with E-state index in [1.165, 1.54) is 0 Å². The first kappa shape index (κ1) is 5.03. The summed E-state index contributed by atoms with van der Waals surface area (Å²) in [7, 11) is 0. The van der Waals surface area contributed by atoms with Gasteiger partial charge in [-0.1, -0.05) is 11.6 Å². The van der Waals surface area contributed by atoms with Crippen molar-refractivity contribution in [2.45, 2.75) is 17.6 Å². The zero-order valence-corrected chi connectivity index (χ0v) is 5.15. The summed E-state index contributed by atoms with van der Waals surface area (Å²) in [6, 6.07) is 0. The molecule has 0 radical (unpaired) electrons. The van der Waals surface area contributed by atoms with Crippen LogP contribution in [-0.4, -0.2) is 24.4 Å². The van der Waals surface area contributed by atoms with Crippen LogP contribution in [0.4, 0.5) is 0 Å². The van der Waals surface area contributed by atoms with Gasteiger partial charge in [-0.2, -0.15) is 0 Å². The van der Waals surface area contributed by atoms with Crippen LogP contribution in [0.15, 0.2) is 0 Å². The van der Waals surface area contributed by atoms with Crippen molar-refractivity contribution in [3.05, 3.63) is 0 Å². The third kappa shape index (κ3) is 0.569. The normalized spacial score (nSPS) is 52.9. The van der Waals surface area contributed by atoms with E-state index in [1.807, 2.05) is 0 Å². The van der Waals surface area contributed by atoms with Gasteiger partial charge in [0.1, 0.15) is 6.10 Å². The van der Waals surface area contributed by atoms with Gasteiger partial charge < -0.3 is 9.47 Å². The van der Waals surface area contributed by atoms with Crippen LogP contribution in [0.3, 0.4) is 0 Å². The Morgan fingerprint density at radius 2 is 2.25 bits per heavy atom. The summed E-state index contributed by atoms with van der Waals surface area (Å²) in [5, 5.41) is -0.417. The topological polar surface area (TPSA) is 21.8 Å². The Morgan fingerprint density at radius 3 is 2.38 bits per heavy atom. The summed E-state index contributed by atoms with van der Waals surface area (Å²) in [5.41, 5.74) is 0. The fraction of sp³-hybridized carbons (Fsp3) is 1.00. The molecule has 0 aliphatic carbocycles. The van der Waals surface area contributed by atoms with E-state index < -0.39 is 5.06 Å². The number of halogens is 1. The van der Waals surface area contributed by atoms with E-state index in [1.54, 1.807) is 0 Å². The monoisotopic (exact) mass is 134 g/mol. The number of rotatable bonds is 1. The maximum Gasteiger partial charge on any atom is 0.172 e. The molecule has 2 aliphatic rings. The van der Waals surface area contributed by atoms with Crippen molar-refractivity contribution in [2.24, 2.45) is 0 Å². The van der Waals surface area contributed by atoms with Crippen molar-refractivity contribution in [3.8, 4) is 0 Å². The maximum absolute atomic E-state index is 5.86. The van der Waals surface area contributed by atoms with Gasteiger partial charge in [-0.25, -0.2) is 0 Å². The molecule has 2 fully saturated rings. The first-order valence-corrected chi connectivity index (χ1v) is 3.13. The Hall–Kier alpha value is 0.210. The minimum Gasteiger partial charge on any atom is -0.369 e. The summed E-state index contributed by atoms with van der Waals surface area (Å²) in [6.45, 7) is 1.58. The SMILES string of the molecule is ClC1(C2CO2)CCO1. The molecule has 8 heavy (non-hydrogen) atoms. The predicted molar refractivity (Wildman–Crippen MR) is 28.9 cm³/mol. The van der Waals surface area contributed by atoms with E-state index >= 15 is 0 Å². The first-order chi connectivity index (χ1) is 3.81. The van der Waals surface area contributed by atoms with E-state index in [2.05, 4.69) is 0 Å². The average Bonchev–Trinajstić information content (AvgIpc) is 2.38. The predicted octanol–water partition coefficient (Wildman–Crippen LogP) is 0.741. The van der Waals surface area contributed by atoms with E-state index in [9.17, 15) is 0 Å². The third-order valence-electron chi connectivity index (χ3n) is 1.60. The van der Waals surface area contributed by atoms with Gasteiger partial charge in [0.2, 0.25) is 0 Å². The number of hydrogen-bond acceptors (Lipinski definition) is 2. The van der Waals surface area contributed by atoms with Crippen LogP contribution in [0.25, 0.3) is 0 Å². The van der Waals surface area contributed by atoms with Crippen molar-refractivity contribution in [2.75, 3.05) is 13.2 Å². The average molecular weight is 135 g/mol. The zero-order chi connectivity index (χ0) is 5.61. The fourth-order valence-corrected chi connectivity index (χ4v) is 1.13. The molecule has 0 aromatic heterocycles. The van der Waals surface area contributed by atoms with E-state index in [4.69, 9.17) is 21.1 Å². The summed E-state index contributed by atoms with van der Waals surface area (Å²) < 4.78 is 10.0. The van der Waals surface area contributed by atoms with E-state index in [-0.39, 0.29) is 6.10 Å². The summed E-state index contributed by atoms with van der Waals surface area (Å²) in [6.07, 6.45) is 1.14. The Bertz CT molecular complexity index is 107.